The van der Waals surface area contributed by atoms with Crippen LogP contribution in [0.1, 0.15) is 23.3 Å². The molecule has 0 aliphatic carbocycles. The number of hydrogen-bond acceptors (Lipinski definition) is 4. The topological polar surface area (TPSA) is 58.9 Å². The van der Waals surface area contributed by atoms with E-state index in [9.17, 15) is 10.2 Å². The van der Waals surface area contributed by atoms with Crippen molar-refractivity contribution in [3.63, 3.8) is 0 Å². The molecule has 106 valence electrons. The van der Waals surface area contributed by atoms with Gasteiger partial charge < -0.3 is 19.7 Å². The third kappa shape index (κ3) is 2.76. The minimum atomic E-state index is -1.14. The number of benzene rings is 2. The lowest BCUT2D eigenvalue weighted by Crippen LogP contribution is -2.12. The number of ether oxygens (including phenoxy) is 2. The molecular weight excluding hydrogens is 256 g/mol. The van der Waals surface area contributed by atoms with Crippen molar-refractivity contribution in [2.75, 3.05) is 14.2 Å². The van der Waals surface area contributed by atoms with Crippen LogP contribution in [-0.4, -0.2) is 24.4 Å². The van der Waals surface area contributed by atoms with E-state index in [-0.39, 0.29) is 0 Å². The van der Waals surface area contributed by atoms with E-state index in [0.29, 0.717) is 22.6 Å². The Bertz CT molecular complexity index is 531. The second-order valence-corrected chi connectivity index (χ2v) is 4.38. The average molecular weight is 274 g/mol. The fourth-order valence-corrected chi connectivity index (χ4v) is 2.16. The van der Waals surface area contributed by atoms with Gasteiger partial charge in [-0.1, -0.05) is 36.4 Å². The van der Waals surface area contributed by atoms with Gasteiger partial charge in [0.2, 0.25) is 0 Å². The Morgan fingerprint density at radius 2 is 1.30 bits per heavy atom. The SMILES string of the molecule is COc1cccc(OC)c1C(O)C(O)c1ccccc1. The molecule has 0 fully saturated rings. The van der Waals surface area contributed by atoms with Crippen LogP contribution in [0.25, 0.3) is 0 Å². The third-order valence-electron chi connectivity index (χ3n) is 3.20. The molecule has 0 aliphatic heterocycles. The third-order valence-corrected chi connectivity index (χ3v) is 3.20. The highest BCUT2D eigenvalue weighted by molar-refractivity contribution is 5.47. The number of rotatable bonds is 5. The maximum Gasteiger partial charge on any atom is 0.128 e. The number of hydrogen-bond donors (Lipinski definition) is 2. The normalized spacial score (nSPS) is 13.6. The summed E-state index contributed by atoms with van der Waals surface area (Å²) in [5.41, 5.74) is 1.07. The fourth-order valence-electron chi connectivity index (χ4n) is 2.16. The van der Waals surface area contributed by atoms with Gasteiger partial charge in [-0.15, -0.1) is 0 Å². The van der Waals surface area contributed by atoms with Crippen LogP contribution >= 0.6 is 0 Å². The van der Waals surface area contributed by atoms with E-state index in [2.05, 4.69) is 0 Å². The average Bonchev–Trinajstić information content (AvgIpc) is 2.53. The monoisotopic (exact) mass is 274 g/mol. The first-order valence-corrected chi connectivity index (χ1v) is 6.31. The summed E-state index contributed by atoms with van der Waals surface area (Å²) in [4.78, 5) is 0. The van der Waals surface area contributed by atoms with E-state index >= 15 is 0 Å². The Balaban J connectivity index is 2.40. The first-order chi connectivity index (χ1) is 9.69. The molecule has 4 heteroatoms. The van der Waals surface area contributed by atoms with E-state index < -0.39 is 12.2 Å². The van der Waals surface area contributed by atoms with E-state index in [1.807, 2.05) is 18.2 Å². The van der Waals surface area contributed by atoms with E-state index in [1.165, 1.54) is 14.2 Å². The molecule has 0 heterocycles. The lowest BCUT2D eigenvalue weighted by molar-refractivity contribution is 0.0144. The number of aliphatic hydroxyl groups is 2. The fraction of sp³-hybridized carbons (Fsp3) is 0.250. The van der Waals surface area contributed by atoms with E-state index in [0.717, 1.165) is 0 Å². The maximum atomic E-state index is 10.5. The highest BCUT2D eigenvalue weighted by atomic mass is 16.5. The molecule has 2 unspecified atom stereocenters. The minimum Gasteiger partial charge on any atom is -0.496 e. The van der Waals surface area contributed by atoms with Crippen molar-refractivity contribution >= 4 is 0 Å². The molecule has 0 saturated carbocycles. The summed E-state index contributed by atoms with van der Waals surface area (Å²) in [6, 6.07) is 14.2. The van der Waals surface area contributed by atoms with Crippen LogP contribution in [0.15, 0.2) is 48.5 Å². The van der Waals surface area contributed by atoms with Gasteiger partial charge >= 0.3 is 0 Å². The number of methoxy groups -OCH3 is 2. The van der Waals surface area contributed by atoms with Gasteiger partial charge in [0.1, 0.15) is 23.7 Å². The summed E-state index contributed by atoms with van der Waals surface area (Å²) in [5.74, 6) is 0.957. The Morgan fingerprint density at radius 1 is 0.750 bits per heavy atom. The zero-order valence-electron chi connectivity index (χ0n) is 11.5. The molecule has 2 aromatic carbocycles. The van der Waals surface area contributed by atoms with Crippen molar-refractivity contribution in [3.05, 3.63) is 59.7 Å². The van der Waals surface area contributed by atoms with Gasteiger partial charge in [0.25, 0.3) is 0 Å². The Kier molecular flexibility index (Phi) is 4.61. The molecule has 2 atom stereocenters. The van der Waals surface area contributed by atoms with Gasteiger partial charge in [0.05, 0.1) is 19.8 Å². The quantitative estimate of drug-likeness (QED) is 0.879. The van der Waals surface area contributed by atoms with E-state index in [1.54, 1.807) is 30.3 Å². The van der Waals surface area contributed by atoms with Crippen molar-refractivity contribution in [2.24, 2.45) is 0 Å². The van der Waals surface area contributed by atoms with Gasteiger partial charge in [-0.3, -0.25) is 0 Å². The second-order valence-electron chi connectivity index (χ2n) is 4.38. The lowest BCUT2D eigenvalue weighted by atomic mass is 9.97. The maximum absolute atomic E-state index is 10.5. The lowest BCUT2D eigenvalue weighted by Gasteiger charge is -2.22. The van der Waals surface area contributed by atoms with Gasteiger partial charge in [0, 0.05) is 0 Å². The molecular formula is C16H18O4. The molecule has 0 aliphatic rings. The molecule has 2 rings (SSSR count). The summed E-state index contributed by atoms with van der Waals surface area (Å²) in [6.07, 6.45) is -2.19. The predicted octanol–water partition coefficient (Wildman–Crippen LogP) is 2.47. The van der Waals surface area contributed by atoms with Crippen LogP contribution in [0.5, 0.6) is 11.5 Å². The first kappa shape index (κ1) is 14.4. The molecule has 0 bridgehead atoms. The van der Waals surface area contributed by atoms with Crippen molar-refractivity contribution in [1.82, 2.24) is 0 Å². The van der Waals surface area contributed by atoms with Crippen LogP contribution in [0, 0.1) is 0 Å². The molecule has 2 aromatic rings. The van der Waals surface area contributed by atoms with Crippen molar-refractivity contribution in [2.45, 2.75) is 12.2 Å². The summed E-state index contributed by atoms with van der Waals surface area (Å²) in [6.45, 7) is 0. The van der Waals surface area contributed by atoms with Gasteiger partial charge in [-0.25, -0.2) is 0 Å². The van der Waals surface area contributed by atoms with Crippen molar-refractivity contribution in [1.29, 1.82) is 0 Å². The molecule has 0 radical (unpaired) electrons. The van der Waals surface area contributed by atoms with Gasteiger partial charge in [-0.05, 0) is 17.7 Å². The van der Waals surface area contributed by atoms with Crippen molar-refractivity contribution < 1.29 is 19.7 Å². The molecule has 0 saturated heterocycles. The first-order valence-electron chi connectivity index (χ1n) is 6.31. The van der Waals surface area contributed by atoms with Crippen molar-refractivity contribution in [3.8, 4) is 11.5 Å². The zero-order valence-corrected chi connectivity index (χ0v) is 11.5. The Morgan fingerprint density at radius 3 is 1.80 bits per heavy atom. The molecule has 0 spiro atoms. The number of aliphatic hydroxyl groups excluding tert-OH is 2. The Hall–Kier alpha value is -2.04. The molecule has 0 amide bonds. The summed E-state index contributed by atoms with van der Waals surface area (Å²) in [7, 11) is 3.03. The van der Waals surface area contributed by atoms with Gasteiger partial charge in [0.15, 0.2) is 0 Å². The van der Waals surface area contributed by atoms with Crippen LogP contribution in [-0.2, 0) is 0 Å². The van der Waals surface area contributed by atoms with Crippen LogP contribution in [0.4, 0.5) is 0 Å². The predicted molar refractivity (Wildman–Crippen MR) is 75.9 cm³/mol. The van der Waals surface area contributed by atoms with Crippen LogP contribution in [0.2, 0.25) is 0 Å². The minimum absolute atomic E-state index is 0.439. The standard InChI is InChI=1S/C16H18O4/c1-19-12-9-6-10-13(20-2)14(12)16(18)15(17)11-7-4-3-5-8-11/h3-10,15-18H,1-2H3. The zero-order chi connectivity index (χ0) is 14.5. The molecule has 20 heavy (non-hydrogen) atoms. The van der Waals surface area contributed by atoms with Crippen LogP contribution < -0.4 is 9.47 Å². The molecule has 0 aromatic heterocycles. The smallest absolute Gasteiger partial charge is 0.128 e. The van der Waals surface area contributed by atoms with Crippen LogP contribution in [0.3, 0.4) is 0 Å². The highest BCUT2D eigenvalue weighted by Crippen LogP contribution is 2.39. The summed E-state index contributed by atoms with van der Waals surface area (Å²) >= 11 is 0. The van der Waals surface area contributed by atoms with Gasteiger partial charge in [-0.2, -0.15) is 0 Å². The largest absolute Gasteiger partial charge is 0.496 e. The molecule has 4 nitrogen and oxygen atoms in total. The Labute approximate surface area is 118 Å². The second kappa shape index (κ2) is 6.41. The summed E-state index contributed by atoms with van der Waals surface area (Å²) < 4.78 is 10.5. The molecule has 2 N–H and O–H groups in total. The van der Waals surface area contributed by atoms with E-state index in [4.69, 9.17) is 9.47 Å². The highest BCUT2D eigenvalue weighted by Gasteiger charge is 2.26. The summed E-state index contributed by atoms with van der Waals surface area (Å²) in [5, 5.41) is 20.8.